The van der Waals surface area contributed by atoms with E-state index in [4.69, 9.17) is 4.42 Å². The highest BCUT2D eigenvalue weighted by Crippen LogP contribution is 2.23. The van der Waals surface area contributed by atoms with Crippen molar-refractivity contribution in [3.05, 3.63) is 57.4 Å². The van der Waals surface area contributed by atoms with Crippen molar-refractivity contribution in [1.82, 2.24) is 20.1 Å². The molecular formula is C19H20N4O2S2. The zero-order valence-electron chi connectivity index (χ0n) is 15.1. The second-order valence-corrected chi connectivity index (χ2v) is 8.47. The van der Waals surface area contributed by atoms with Gasteiger partial charge in [-0.2, -0.15) is 0 Å². The molecule has 0 aliphatic carbocycles. The molecule has 1 fully saturated rings. The summed E-state index contributed by atoms with van der Waals surface area (Å²) >= 11 is 3.11. The van der Waals surface area contributed by atoms with Crippen LogP contribution in [0, 0.1) is 6.92 Å². The van der Waals surface area contributed by atoms with Crippen molar-refractivity contribution in [3.63, 3.8) is 0 Å². The molecule has 0 saturated carbocycles. The molecular weight excluding hydrogens is 380 g/mol. The molecule has 3 heterocycles. The normalized spacial score (nSPS) is 14.0. The van der Waals surface area contributed by atoms with Gasteiger partial charge in [-0.1, -0.05) is 23.9 Å². The van der Waals surface area contributed by atoms with Crippen LogP contribution in [0.3, 0.4) is 0 Å². The second-order valence-electron chi connectivity index (χ2n) is 6.48. The van der Waals surface area contributed by atoms with Gasteiger partial charge in [0.25, 0.3) is 11.1 Å². The number of thioether (sulfide) groups is 1. The lowest BCUT2D eigenvalue weighted by molar-refractivity contribution is 0.0793. The smallest absolute Gasteiger partial charge is 0.276 e. The average molecular weight is 401 g/mol. The highest BCUT2D eigenvalue weighted by Gasteiger charge is 2.19. The van der Waals surface area contributed by atoms with Crippen molar-refractivity contribution in [2.24, 2.45) is 0 Å². The predicted molar refractivity (Wildman–Crippen MR) is 105 cm³/mol. The summed E-state index contributed by atoms with van der Waals surface area (Å²) in [5.41, 5.74) is 2.83. The number of amides is 1. The minimum absolute atomic E-state index is 0.130. The Balaban J connectivity index is 1.31. The number of carbonyl (C=O) groups excluding carboxylic acids is 1. The lowest BCUT2D eigenvalue weighted by atomic mass is 10.1. The van der Waals surface area contributed by atoms with Crippen LogP contribution < -0.4 is 0 Å². The molecule has 0 radical (unpaired) electrons. The summed E-state index contributed by atoms with van der Waals surface area (Å²) in [6.45, 7) is 3.72. The Morgan fingerprint density at radius 1 is 1.22 bits per heavy atom. The Morgan fingerprint density at radius 2 is 2.00 bits per heavy atom. The van der Waals surface area contributed by atoms with Crippen LogP contribution in [-0.2, 0) is 12.2 Å². The molecule has 4 rings (SSSR count). The summed E-state index contributed by atoms with van der Waals surface area (Å²) in [7, 11) is 0. The summed E-state index contributed by atoms with van der Waals surface area (Å²) in [5.74, 6) is 1.43. The fraction of sp³-hybridized carbons (Fsp3) is 0.368. The number of hydrogen-bond acceptors (Lipinski definition) is 7. The zero-order valence-corrected chi connectivity index (χ0v) is 16.7. The van der Waals surface area contributed by atoms with Crippen LogP contribution in [0.1, 0.15) is 45.4 Å². The first-order valence-electron chi connectivity index (χ1n) is 8.92. The molecule has 0 atom stereocenters. The molecule has 0 spiro atoms. The summed E-state index contributed by atoms with van der Waals surface area (Å²) in [5, 5.41) is 11.8. The van der Waals surface area contributed by atoms with E-state index in [9.17, 15) is 4.79 Å². The number of aromatic nitrogens is 3. The molecule has 2 aromatic heterocycles. The molecule has 8 heteroatoms. The first-order valence-corrected chi connectivity index (χ1v) is 10.8. The third-order valence-corrected chi connectivity index (χ3v) is 6.12. The number of benzene rings is 1. The molecule has 0 unspecified atom stereocenters. The Bertz CT molecular complexity index is 914. The van der Waals surface area contributed by atoms with E-state index in [1.165, 1.54) is 11.8 Å². The van der Waals surface area contributed by atoms with Crippen molar-refractivity contribution in [2.75, 3.05) is 13.1 Å². The van der Waals surface area contributed by atoms with E-state index in [0.29, 0.717) is 17.5 Å². The number of nitrogens with zero attached hydrogens (tertiary/aromatic N) is 4. The molecule has 1 amide bonds. The Labute approximate surface area is 166 Å². The fourth-order valence-corrected chi connectivity index (χ4v) is 4.35. The Hall–Kier alpha value is -2.19. The van der Waals surface area contributed by atoms with E-state index in [0.717, 1.165) is 53.5 Å². The van der Waals surface area contributed by atoms with Gasteiger partial charge in [0.15, 0.2) is 0 Å². The third kappa shape index (κ3) is 4.56. The zero-order chi connectivity index (χ0) is 18.6. The number of rotatable bonds is 6. The SMILES string of the molecule is Cc1nc(Cc2nnc(SCc3ccc(C(=O)N4CCCC4)cc3)o2)cs1. The van der Waals surface area contributed by atoms with Gasteiger partial charge in [0.05, 0.1) is 17.1 Å². The molecule has 1 saturated heterocycles. The highest BCUT2D eigenvalue weighted by molar-refractivity contribution is 7.98. The van der Waals surface area contributed by atoms with Gasteiger partial charge in [0.1, 0.15) is 0 Å². The van der Waals surface area contributed by atoms with Crippen LogP contribution in [-0.4, -0.2) is 39.1 Å². The van der Waals surface area contributed by atoms with Gasteiger partial charge in [-0.15, -0.1) is 21.5 Å². The molecule has 1 aliphatic heterocycles. The largest absolute Gasteiger partial charge is 0.416 e. The fourth-order valence-electron chi connectivity index (χ4n) is 3.00. The van der Waals surface area contributed by atoms with Crippen molar-refractivity contribution in [2.45, 2.75) is 37.2 Å². The molecule has 0 bridgehead atoms. The molecule has 1 aromatic carbocycles. The standard InChI is InChI=1S/C19H20N4O2S2/c1-13-20-16(12-26-13)10-17-21-22-19(25-17)27-11-14-4-6-15(7-5-14)18(24)23-8-2-3-9-23/h4-7,12H,2-3,8-11H2,1H3. The number of thiazole rings is 1. The van der Waals surface area contributed by atoms with Gasteiger partial charge in [0, 0.05) is 29.8 Å². The monoisotopic (exact) mass is 400 g/mol. The number of carbonyl (C=O) groups is 1. The van der Waals surface area contributed by atoms with E-state index < -0.39 is 0 Å². The van der Waals surface area contributed by atoms with E-state index in [1.807, 2.05) is 41.5 Å². The maximum Gasteiger partial charge on any atom is 0.276 e. The minimum Gasteiger partial charge on any atom is -0.416 e. The number of likely N-dealkylation sites (tertiary alicyclic amines) is 1. The number of hydrogen-bond donors (Lipinski definition) is 0. The molecule has 0 N–H and O–H groups in total. The lowest BCUT2D eigenvalue weighted by Gasteiger charge is -2.15. The Morgan fingerprint density at radius 3 is 2.70 bits per heavy atom. The lowest BCUT2D eigenvalue weighted by Crippen LogP contribution is -2.27. The predicted octanol–water partition coefficient (Wildman–Crippen LogP) is 3.95. The van der Waals surface area contributed by atoms with Gasteiger partial charge in [-0.3, -0.25) is 4.79 Å². The van der Waals surface area contributed by atoms with Crippen LogP contribution in [0.15, 0.2) is 39.3 Å². The third-order valence-electron chi connectivity index (χ3n) is 4.40. The highest BCUT2D eigenvalue weighted by atomic mass is 32.2. The quantitative estimate of drug-likeness (QED) is 0.583. The van der Waals surface area contributed by atoms with Crippen LogP contribution in [0.4, 0.5) is 0 Å². The van der Waals surface area contributed by atoms with E-state index in [2.05, 4.69) is 15.2 Å². The Kier molecular flexibility index (Phi) is 5.54. The van der Waals surface area contributed by atoms with Crippen LogP contribution >= 0.6 is 23.1 Å². The summed E-state index contributed by atoms with van der Waals surface area (Å²) in [6, 6.07) is 7.79. The van der Waals surface area contributed by atoms with Gasteiger partial charge < -0.3 is 9.32 Å². The van der Waals surface area contributed by atoms with Gasteiger partial charge in [-0.25, -0.2) is 4.98 Å². The van der Waals surface area contributed by atoms with Gasteiger partial charge in [0.2, 0.25) is 5.89 Å². The molecule has 3 aromatic rings. The van der Waals surface area contributed by atoms with Crippen LogP contribution in [0.25, 0.3) is 0 Å². The topological polar surface area (TPSA) is 72.1 Å². The van der Waals surface area contributed by atoms with E-state index >= 15 is 0 Å². The molecule has 27 heavy (non-hydrogen) atoms. The van der Waals surface area contributed by atoms with Gasteiger partial charge >= 0.3 is 0 Å². The van der Waals surface area contributed by atoms with Crippen molar-refractivity contribution >= 4 is 29.0 Å². The van der Waals surface area contributed by atoms with Crippen molar-refractivity contribution in [3.8, 4) is 0 Å². The maximum atomic E-state index is 12.4. The second kappa shape index (κ2) is 8.22. The average Bonchev–Trinajstić information content (AvgIpc) is 3.43. The van der Waals surface area contributed by atoms with Crippen LogP contribution in [0.2, 0.25) is 0 Å². The van der Waals surface area contributed by atoms with Crippen molar-refractivity contribution < 1.29 is 9.21 Å². The maximum absolute atomic E-state index is 12.4. The number of aryl methyl sites for hydroxylation is 1. The van der Waals surface area contributed by atoms with Gasteiger partial charge in [-0.05, 0) is 37.5 Å². The van der Waals surface area contributed by atoms with E-state index in [-0.39, 0.29) is 5.91 Å². The summed E-state index contributed by atoms with van der Waals surface area (Å²) in [4.78, 5) is 18.7. The van der Waals surface area contributed by atoms with Crippen LogP contribution in [0.5, 0.6) is 0 Å². The van der Waals surface area contributed by atoms with E-state index in [1.54, 1.807) is 11.3 Å². The molecule has 6 nitrogen and oxygen atoms in total. The minimum atomic E-state index is 0.130. The first kappa shape index (κ1) is 18.2. The first-order chi connectivity index (χ1) is 13.2. The van der Waals surface area contributed by atoms with Crippen molar-refractivity contribution in [1.29, 1.82) is 0 Å². The molecule has 140 valence electrons. The molecule has 1 aliphatic rings. The summed E-state index contributed by atoms with van der Waals surface area (Å²) in [6.07, 6.45) is 2.77. The summed E-state index contributed by atoms with van der Waals surface area (Å²) < 4.78 is 5.69.